The van der Waals surface area contributed by atoms with Crippen molar-refractivity contribution < 1.29 is 9.90 Å². The summed E-state index contributed by atoms with van der Waals surface area (Å²) in [6.07, 6.45) is 2.31. The minimum Gasteiger partial charge on any atom is -0.392 e. The molecule has 0 saturated carbocycles. The van der Waals surface area contributed by atoms with Crippen LogP contribution in [0.4, 0.5) is 0 Å². The maximum Gasteiger partial charge on any atom is 0.244 e. The number of aliphatic hydroxyl groups excluding tert-OH is 1. The van der Waals surface area contributed by atoms with E-state index in [2.05, 4.69) is 15.4 Å². The highest BCUT2D eigenvalue weighted by Crippen LogP contribution is 2.00. The average molecular weight is 198 g/mol. The summed E-state index contributed by atoms with van der Waals surface area (Å²) >= 11 is 0. The summed E-state index contributed by atoms with van der Waals surface area (Å²) in [5, 5.41) is 15.4. The number of hydrogen-bond donors (Lipinski definition) is 2. The van der Waals surface area contributed by atoms with Crippen LogP contribution in [0.1, 0.15) is 19.9 Å². The third-order valence-corrected chi connectivity index (χ3v) is 1.78. The lowest BCUT2D eigenvalue weighted by Crippen LogP contribution is -2.35. The summed E-state index contributed by atoms with van der Waals surface area (Å²) in [5.74, 6) is -0.184. The lowest BCUT2D eigenvalue weighted by molar-refractivity contribution is -0.124. The largest absolute Gasteiger partial charge is 0.392 e. The molecule has 0 bridgehead atoms. The van der Waals surface area contributed by atoms with Gasteiger partial charge in [0.1, 0.15) is 18.7 Å². The van der Waals surface area contributed by atoms with Gasteiger partial charge in [-0.1, -0.05) is 0 Å². The van der Waals surface area contributed by atoms with Crippen molar-refractivity contribution in [2.75, 3.05) is 6.54 Å². The minimum absolute atomic E-state index is 0.184. The molecule has 0 saturated heterocycles. The molecule has 78 valence electrons. The van der Waals surface area contributed by atoms with Crippen molar-refractivity contribution in [3.05, 3.63) is 12.7 Å². The van der Waals surface area contributed by atoms with E-state index in [-0.39, 0.29) is 12.5 Å². The Bertz CT molecular complexity index is 284. The normalized spacial score (nSPS) is 14.8. The predicted octanol–water partition coefficient (Wildman–Crippen LogP) is -0.664. The predicted molar refractivity (Wildman–Crippen MR) is 49.4 cm³/mol. The van der Waals surface area contributed by atoms with Gasteiger partial charge in [0.05, 0.1) is 6.10 Å². The Morgan fingerprint density at radius 1 is 1.64 bits per heavy atom. The molecule has 1 heterocycles. The lowest BCUT2D eigenvalue weighted by Gasteiger charge is -2.12. The van der Waals surface area contributed by atoms with Gasteiger partial charge >= 0.3 is 0 Å². The van der Waals surface area contributed by atoms with Crippen LogP contribution in [0.2, 0.25) is 0 Å². The monoisotopic (exact) mass is 198 g/mol. The standard InChI is InChI=1S/C8H14N4O2/c1-6(13)3-10-8(14)7(2)12-5-9-4-11-12/h4-7,13H,3H2,1-2H3,(H,10,14). The molecule has 0 radical (unpaired) electrons. The average Bonchev–Trinajstić information content (AvgIpc) is 2.65. The van der Waals surface area contributed by atoms with Gasteiger partial charge < -0.3 is 10.4 Å². The maximum absolute atomic E-state index is 11.4. The fourth-order valence-corrected chi connectivity index (χ4v) is 0.934. The number of carbonyl (C=O) groups excluding carboxylic acids is 1. The van der Waals surface area contributed by atoms with Crippen LogP contribution in [0, 0.1) is 0 Å². The third-order valence-electron chi connectivity index (χ3n) is 1.78. The molecular weight excluding hydrogens is 184 g/mol. The molecule has 0 aliphatic heterocycles. The number of amides is 1. The number of aliphatic hydroxyl groups is 1. The van der Waals surface area contributed by atoms with E-state index < -0.39 is 12.1 Å². The molecule has 2 atom stereocenters. The van der Waals surface area contributed by atoms with Crippen molar-refractivity contribution >= 4 is 5.91 Å². The Morgan fingerprint density at radius 2 is 2.36 bits per heavy atom. The summed E-state index contributed by atoms with van der Waals surface area (Å²) in [4.78, 5) is 15.2. The fraction of sp³-hybridized carbons (Fsp3) is 0.625. The number of nitrogens with zero attached hydrogens (tertiary/aromatic N) is 3. The molecule has 6 nitrogen and oxygen atoms in total. The molecule has 1 amide bonds. The Morgan fingerprint density at radius 3 is 2.86 bits per heavy atom. The summed E-state index contributed by atoms with van der Waals surface area (Å²) in [6, 6.07) is -0.406. The van der Waals surface area contributed by atoms with Gasteiger partial charge in [-0.2, -0.15) is 5.10 Å². The summed E-state index contributed by atoms with van der Waals surface area (Å²) in [7, 11) is 0. The summed E-state index contributed by atoms with van der Waals surface area (Å²) in [6.45, 7) is 3.57. The van der Waals surface area contributed by atoms with Crippen LogP contribution in [-0.2, 0) is 4.79 Å². The van der Waals surface area contributed by atoms with Crippen LogP contribution in [0.25, 0.3) is 0 Å². The minimum atomic E-state index is -0.540. The number of carbonyl (C=O) groups is 1. The highest BCUT2D eigenvalue weighted by atomic mass is 16.3. The van der Waals surface area contributed by atoms with Crippen molar-refractivity contribution in [3.8, 4) is 0 Å². The van der Waals surface area contributed by atoms with E-state index in [1.807, 2.05) is 0 Å². The van der Waals surface area contributed by atoms with Gasteiger partial charge in [0.15, 0.2) is 0 Å². The SMILES string of the molecule is CC(O)CNC(=O)C(C)n1cncn1. The molecule has 1 aromatic rings. The van der Waals surface area contributed by atoms with Gasteiger partial charge in [0.2, 0.25) is 5.91 Å². The Hall–Kier alpha value is -1.43. The van der Waals surface area contributed by atoms with Crippen LogP contribution < -0.4 is 5.32 Å². The first-order valence-corrected chi connectivity index (χ1v) is 4.41. The number of rotatable bonds is 4. The van der Waals surface area contributed by atoms with Crippen LogP contribution in [0.5, 0.6) is 0 Å². The van der Waals surface area contributed by atoms with Gasteiger partial charge in [0.25, 0.3) is 0 Å². The lowest BCUT2D eigenvalue weighted by atomic mass is 10.3. The fourth-order valence-electron chi connectivity index (χ4n) is 0.934. The van der Waals surface area contributed by atoms with Crippen molar-refractivity contribution in [1.82, 2.24) is 20.1 Å². The van der Waals surface area contributed by atoms with E-state index in [0.29, 0.717) is 0 Å². The highest BCUT2D eigenvalue weighted by Gasteiger charge is 2.14. The Labute approximate surface area is 82.0 Å². The topological polar surface area (TPSA) is 80.0 Å². The molecule has 0 aliphatic carbocycles. The second kappa shape index (κ2) is 4.71. The molecule has 0 fully saturated rings. The zero-order valence-corrected chi connectivity index (χ0v) is 8.21. The second-order valence-electron chi connectivity index (χ2n) is 3.15. The smallest absolute Gasteiger partial charge is 0.244 e. The molecule has 0 aromatic carbocycles. The van der Waals surface area contributed by atoms with Gasteiger partial charge in [-0.3, -0.25) is 4.79 Å². The van der Waals surface area contributed by atoms with Crippen molar-refractivity contribution in [2.45, 2.75) is 26.0 Å². The second-order valence-corrected chi connectivity index (χ2v) is 3.15. The van der Waals surface area contributed by atoms with Crippen LogP contribution in [-0.4, -0.2) is 38.4 Å². The zero-order chi connectivity index (χ0) is 10.6. The van der Waals surface area contributed by atoms with E-state index in [9.17, 15) is 4.79 Å². The molecule has 2 unspecified atom stereocenters. The van der Waals surface area contributed by atoms with Crippen LogP contribution in [0.15, 0.2) is 12.7 Å². The Balaban J connectivity index is 2.45. The van der Waals surface area contributed by atoms with E-state index >= 15 is 0 Å². The van der Waals surface area contributed by atoms with Gasteiger partial charge in [-0.05, 0) is 13.8 Å². The van der Waals surface area contributed by atoms with E-state index in [1.165, 1.54) is 17.3 Å². The molecule has 1 aromatic heterocycles. The first-order valence-electron chi connectivity index (χ1n) is 4.41. The third kappa shape index (κ3) is 2.81. The number of hydrogen-bond acceptors (Lipinski definition) is 4. The van der Waals surface area contributed by atoms with Crippen molar-refractivity contribution in [3.63, 3.8) is 0 Å². The molecule has 0 aliphatic rings. The molecular formula is C8H14N4O2. The number of nitrogens with one attached hydrogen (secondary N) is 1. The highest BCUT2D eigenvalue weighted by molar-refractivity contribution is 5.79. The summed E-state index contributed by atoms with van der Waals surface area (Å²) in [5.41, 5.74) is 0. The van der Waals surface area contributed by atoms with E-state index in [1.54, 1.807) is 13.8 Å². The number of aromatic nitrogens is 3. The van der Waals surface area contributed by atoms with Gasteiger partial charge in [-0.15, -0.1) is 0 Å². The Kier molecular flexibility index (Phi) is 3.58. The van der Waals surface area contributed by atoms with E-state index in [0.717, 1.165) is 0 Å². The van der Waals surface area contributed by atoms with Gasteiger partial charge in [0, 0.05) is 6.54 Å². The molecule has 14 heavy (non-hydrogen) atoms. The van der Waals surface area contributed by atoms with Crippen molar-refractivity contribution in [2.24, 2.45) is 0 Å². The quantitative estimate of drug-likeness (QED) is 0.672. The summed E-state index contributed by atoms with van der Waals surface area (Å²) < 4.78 is 1.46. The van der Waals surface area contributed by atoms with Gasteiger partial charge in [-0.25, -0.2) is 9.67 Å². The van der Waals surface area contributed by atoms with E-state index in [4.69, 9.17) is 5.11 Å². The first-order chi connectivity index (χ1) is 6.61. The first kappa shape index (κ1) is 10.6. The van der Waals surface area contributed by atoms with Crippen LogP contribution >= 0.6 is 0 Å². The van der Waals surface area contributed by atoms with Crippen LogP contribution in [0.3, 0.4) is 0 Å². The molecule has 1 rings (SSSR count). The maximum atomic E-state index is 11.4. The molecule has 6 heteroatoms. The van der Waals surface area contributed by atoms with Crippen molar-refractivity contribution in [1.29, 1.82) is 0 Å². The zero-order valence-electron chi connectivity index (χ0n) is 8.21. The molecule has 2 N–H and O–H groups in total. The molecule has 0 spiro atoms.